The topological polar surface area (TPSA) is 22.1 Å². The average molecular weight is 221 g/mol. The molecule has 1 aromatic heterocycles. The van der Waals surface area contributed by atoms with E-state index >= 15 is 0 Å². The molecule has 16 heavy (non-hydrogen) atoms. The first kappa shape index (κ1) is 13.0. The standard InChI is InChI=1S/C14H23NO/c1-6-7-10(2)8-13-12(4)14(16-5)11(3)9-15-13/h9-10H,6-8H2,1-5H3. The molecular formula is C14H23NO. The molecule has 1 atom stereocenters. The molecule has 0 radical (unpaired) electrons. The van der Waals surface area contributed by atoms with Crippen molar-refractivity contribution in [2.24, 2.45) is 5.92 Å². The lowest BCUT2D eigenvalue weighted by molar-refractivity contribution is 0.405. The van der Waals surface area contributed by atoms with Crippen molar-refractivity contribution in [1.29, 1.82) is 0 Å². The number of aromatic nitrogens is 1. The fourth-order valence-electron chi connectivity index (χ4n) is 2.20. The van der Waals surface area contributed by atoms with Crippen LogP contribution in [0.4, 0.5) is 0 Å². The van der Waals surface area contributed by atoms with Crippen LogP contribution in [0, 0.1) is 19.8 Å². The van der Waals surface area contributed by atoms with Gasteiger partial charge >= 0.3 is 0 Å². The second-order valence-electron chi connectivity index (χ2n) is 4.64. The van der Waals surface area contributed by atoms with Crippen LogP contribution in [0.1, 0.15) is 43.5 Å². The normalized spacial score (nSPS) is 12.6. The number of aryl methyl sites for hydroxylation is 1. The highest BCUT2D eigenvalue weighted by Crippen LogP contribution is 2.26. The Hall–Kier alpha value is -1.05. The predicted molar refractivity (Wildman–Crippen MR) is 68.0 cm³/mol. The summed E-state index contributed by atoms with van der Waals surface area (Å²) in [5.74, 6) is 1.69. The first-order chi connectivity index (χ1) is 7.60. The Kier molecular flexibility index (Phi) is 4.78. The number of rotatable bonds is 5. The Morgan fingerprint density at radius 2 is 2.06 bits per heavy atom. The molecule has 0 aliphatic rings. The fraction of sp³-hybridized carbons (Fsp3) is 0.643. The molecule has 1 rings (SSSR count). The van der Waals surface area contributed by atoms with Crippen molar-refractivity contribution >= 4 is 0 Å². The third kappa shape index (κ3) is 2.97. The molecule has 0 amide bonds. The summed E-state index contributed by atoms with van der Waals surface area (Å²) in [6.07, 6.45) is 5.47. The predicted octanol–water partition coefficient (Wildman–Crippen LogP) is 3.69. The van der Waals surface area contributed by atoms with Crippen LogP contribution in [-0.4, -0.2) is 12.1 Å². The smallest absolute Gasteiger partial charge is 0.128 e. The van der Waals surface area contributed by atoms with Gasteiger partial charge < -0.3 is 4.74 Å². The molecule has 0 saturated heterocycles. The van der Waals surface area contributed by atoms with Gasteiger partial charge in [-0.05, 0) is 26.2 Å². The molecule has 1 aromatic rings. The maximum absolute atomic E-state index is 5.42. The zero-order valence-electron chi connectivity index (χ0n) is 11.1. The van der Waals surface area contributed by atoms with E-state index in [1.807, 2.05) is 13.1 Å². The summed E-state index contributed by atoms with van der Waals surface area (Å²) in [5, 5.41) is 0. The van der Waals surface area contributed by atoms with Crippen LogP contribution in [0.2, 0.25) is 0 Å². The Balaban J connectivity index is 2.89. The van der Waals surface area contributed by atoms with E-state index in [0.29, 0.717) is 5.92 Å². The fourth-order valence-corrected chi connectivity index (χ4v) is 2.20. The Morgan fingerprint density at radius 1 is 1.38 bits per heavy atom. The summed E-state index contributed by atoms with van der Waals surface area (Å²) in [5.41, 5.74) is 3.50. The van der Waals surface area contributed by atoms with Gasteiger partial charge in [-0.2, -0.15) is 0 Å². The largest absolute Gasteiger partial charge is 0.496 e. The van der Waals surface area contributed by atoms with Crippen molar-refractivity contribution in [1.82, 2.24) is 4.98 Å². The lowest BCUT2D eigenvalue weighted by Crippen LogP contribution is -2.05. The zero-order chi connectivity index (χ0) is 12.1. The lowest BCUT2D eigenvalue weighted by Gasteiger charge is -2.15. The summed E-state index contributed by atoms with van der Waals surface area (Å²) < 4.78 is 5.42. The highest BCUT2D eigenvalue weighted by atomic mass is 16.5. The van der Waals surface area contributed by atoms with E-state index in [4.69, 9.17) is 4.74 Å². The van der Waals surface area contributed by atoms with Gasteiger partial charge in [0.1, 0.15) is 5.75 Å². The minimum atomic E-state index is 0.698. The van der Waals surface area contributed by atoms with Gasteiger partial charge in [0.2, 0.25) is 0 Å². The molecule has 1 heterocycles. The molecule has 2 nitrogen and oxygen atoms in total. The monoisotopic (exact) mass is 221 g/mol. The molecule has 0 saturated carbocycles. The molecule has 0 spiro atoms. The maximum atomic E-state index is 5.42. The van der Waals surface area contributed by atoms with Crippen LogP contribution in [-0.2, 0) is 6.42 Å². The van der Waals surface area contributed by atoms with Gasteiger partial charge in [0.25, 0.3) is 0 Å². The Labute approximate surface area is 99.0 Å². The van der Waals surface area contributed by atoms with Crippen molar-refractivity contribution in [3.05, 3.63) is 23.0 Å². The van der Waals surface area contributed by atoms with E-state index < -0.39 is 0 Å². The number of methoxy groups -OCH3 is 1. The molecule has 0 bridgehead atoms. The minimum absolute atomic E-state index is 0.698. The highest BCUT2D eigenvalue weighted by Gasteiger charge is 2.11. The van der Waals surface area contributed by atoms with Crippen molar-refractivity contribution in [2.45, 2.75) is 47.0 Å². The van der Waals surface area contributed by atoms with Crippen LogP contribution >= 0.6 is 0 Å². The third-order valence-electron chi connectivity index (χ3n) is 3.07. The van der Waals surface area contributed by atoms with E-state index in [2.05, 4.69) is 25.8 Å². The molecule has 0 fully saturated rings. The molecule has 90 valence electrons. The molecule has 0 aliphatic heterocycles. The van der Waals surface area contributed by atoms with E-state index in [9.17, 15) is 0 Å². The van der Waals surface area contributed by atoms with Gasteiger partial charge in [-0.15, -0.1) is 0 Å². The second kappa shape index (κ2) is 5.88. The summed E-state index contributed by atoms with van der Waals surface area (Å²) in [7, 11) is 1.73. The van der Waals surface area contributed by atoms with E-state index in [1.54, 1.807) is 7.11 Å². The van der Waals surface area contributed by atoms with Crippen LogP contribution in [0.15, 0.2) is 6.20 Å². The van der Waals surface area contributed by atoms with Gasteiger partial charge in [-0.25, -0.2) is 0 Å². The Morgan fingerprint density at radius 3 is 2.62 bits per heavy atom. The first-order valence-electron chi connectivity index (χ1n) is 6.09. The van der Waals surface area contributed by atoms with Gasteiger partial charge in [-0.3, -0.25) is 4.98 Å². The van der Waals surface area contributed by atoms with Crippen molar-refractivity contribution in [2.75, 3.05) is 7.11 Å². The third-order valence-corrected chi connectivity index (χ3v) is 3.07. The van der Waals surface area contributed by atoms with Crippen molar-refractivity contribution < 1.29 is 4.74 Å². The highest BCUT2D eigenvalue weighted by molar-refractivity contribution is 5.41. The summed E-state index contributed by atoms with van der Waals surface area (Å²) in [6.45, 7) is 8.66. The lowest BCUT2D eigenvalue weighted by atomic mass is 9.97. The van der Waals surface area contributed by atoms with Gasteiger partial charge in [0.15, 0.2) is 0 Å². The minimum Gasteiger partial charge on any atom is -0.496 e. The van der Waals surface area contributed by atoms with Crippen LogP contribution in [0.5, 0.6) is 5.75 Å². The zero-order valence-corrected chi connectivity index (χ0v) is 11.1. The number of nitrogens with zero attached hydrogens (tertiary/aromatic N) is 1. The van der Waals surface area contributed by atoms with E-state index in [1.165, 1.54) is 24.1 Å². The molecular weight excluding hydrogens is 198 g/mol. The number of pyridine rings is 1. The first-order valence-corrected chi connectivity index (χ1v) is 6.09. The molecule has 1 unspecified atom stereocenters. The van der Waals surface area contributed by atoms with E-state index in [0.717, 1.165) is 17.7 Å². The van der Waals surface area contributed by atoms with Crippen LogP contribution < -0.4 is 4.74 Å². The van der Waals surface area contributed by atoms with Crippen molar-refractivity contribution in [3.8, 4) is 5.75 Å². The number of ether oxygens (including phenoxy) is 1. The summed E-state index contributed by atoms with van der Waals surface area (Å²) in [6, 6.07) is 0. The SMILES string of the molecule is CCCC(C)Cc1ncc(C)c(OC)c1C. The molecule has 0 aliphatic carbocycles. The summed E-state index contributed by atoms with van der Waals surface area (Å²) >= 11 is 0. The van der Waals surface area contributed by atoms with E-state index in [-0.39, 0.29) is 0 Å². The molecule has 0 aromatic carbocycles. The quantitative estimate of drug-likeness (QED) is 0.756. The van der Waals surface area contributed by atoms with Gasteiger partial charge in [-0.1, -0.05) is 26.7 Å². The number of hydrogen-bond donors (Lipinski definition) is 0. The average Bonchev–Trinajstić information content (AvgIpc) is 2.23. The summed E-state index contributed by atoms with van der Waals surface area (Å²) in [4.78, 5) is 4.53. The van der Waals surface area contributed by atoms with Gasteiger partial charge in [0, 0.05) is 23.0 Å². The van der Waals surface area contributed by atoms with Crippen LogP contribution in [0.25, 0.3) is 0 Å². The van der Waals surface area contributed by atoms with Crippen LogP contribution in [0.3, 0.4) is 0 Å². The maximum Gasteiger partial charge on any atom is 0.128 e. The van der Waals surface area contributed by atoms with Crippen molar-refractivity contribution in [3.63, 3.8) is 0 Å². The molecule has 0 N–H and O–H groups in total. The van der Waals surface area contributed by atoms with Gasteiger partial charge in [0.05, 0.1) is 7.11 Å². The Bertz CT molecular complexity index is 347. The second-order valence-corrected chi connectivity index (χ2v) is 4.64. The number of hydrogen-bond acceptors (Lipinski definition) is 2. The molecule has 2 heteroatoms.